The highest BCUT2D eigenvalue weighted by Gasteiger charge is 2.43. The van der Waals surface area contributed by atoms with E-state index < -0.39 is 58.5 Å². The summed E-state index contributed by atoms with van der Waals surface area (Å²) < 4.78 is 86.2. The molecule has 3 rings (SSSR count). The Morgan fingerprint density at radius 2 is 1.71 bits per heavy atom. The number of aliphatic carboxylic acids is 1. The van der Waals surface area contributed by atoms with Gasteiger partial charge in [-0.1, -0.05) is 18.2 Å². The zero-order valence-corrected chi connectivity index (χ0v) is 18.6. The van der Waals surface area contributed by atoms with Crippen molar-refractivity contribution in [2.24, 2.45) is 5.92 Å². The minimum Gasteiger partial charge on any atom is -0.490 e. The monoisotopic (exact) mass is 507 g/mol. The van der Waals surface area contributed by atoms with E-state index >= 15 is 0 Å². The summed E-state index contributed by atoms with van der Waals surface area (Å²) in [4.78, 5) is 21.9. The smallest absolute Gasteiger partial charge is 0.420 e. The average molecular weight is 507 g/mol. The molecule has 6 nitrogen and oxygen atoms in total. The van der Waals surface area contributed by atoms with Crippen molar-refractivity contribution in [3.05, 3.63) is 51.6 Å². The van der Waals surface area contributed by atoms with Crippen LogP contribution in [0.2, 0.25) is 0 Å². The molecule has 0 bridgehead atoms. The Kier molecular flexibility index (Phi) is 7.24. The highest BCUT2D eigenvalue weighted by Crippen LogP contribution is 2.44. The molecule has 0 radical (unpaired) electrons. The van der Waals surface area contributed by atoms with Gasteiger partial charge in [-0.3, -0.25) is 14.9 Å². The third-order valence-electron chi connectivity index (χ3n) is 6.55. The topological polar surface area (TPSA) is 89.7 Å². The fourth-order valence-electron chi connectivity index (χ4n) is 4.41. The third kappa shape index (κ3) is 5.79. The number of alkyl halides is 6. The summed E-state index contributed by atoms with van der Waals surface area (Å²) in [7, 11) is 0. The van der Waals surface area contributed by atoms with Gasteiger partial charge in [-0.25, -0.2) is 0 Å². The van der Waals surface area contributed by atoms with Crippen LogP contribution in [0.5, 0.6) is 5.75 Å². The van der Waals surface area contributed by atoms with Crippen LogP contribution in [0.3, 0.4) is 0 Å². The van der Waals surface area contributed by atoms with E-state index in [2.05, 4.69) is 0 Å². The van der Waals surface area contributed by atoms with Gasteiger partial charge in [0.25, 0.3) is 0 Å². The maximum Gasteiger partial charge on any atom is 0.420 e. The van der Waals surface area contributed by atoms with Crippen molar-refractivity contribution < 1.29 is 45.9 Å². The van der Waals surface area contributed by atoms with E-state index in [-0.39, 0.29) is 48.4 Å². The van der Waals surface area contributed by atoms with Crippen molar-refractivity contribution in [1.29, 1.82) is 0 Å². The molecule has 192 valence electrons. The van der Waals surface area contributed by atoms with Gasteiger partial charge < -0.3 is 9.84 Å². The molecule has 2 aromatic rings. The van der Waals surface area contributed by atoms with Crippen LogP contribution in [0.4, 0.5) is 26.3 Å². The van der Waals surface area contributed by atoms with E-state index in [4.69, 9.17) is 9.84 Å². The van der Waals surface area contributed by atoms with Gasteiger partial charge in [0.05, 0.1) is 18.4 Å². The van der Waals surface area contributed by atoms with Gasteiger partial charge in [0, 0.05) is 23.8 Å². The molecule has 35 heavy (non-hydrogen) atoms. The van der Waals surface area contributed by atoms with Gasteiger partial charge >= 0.3 is 18.3 Å². The number of carboxylic acids is 1. The predicted octanol–water partition coefficient (Wildman–Crippen LogP) is 6.72. The number of carbonyl (C=O) groups is 1. The first-order valence-corrected chi connectivity index (χ1v) is 10.9. The quantitative estimate of drug-likeness (QED) is 0.255. The number of carboxylic acid groups (broad SMARTS) is 1. The number of ether oxygens (including phenoxy) is 1. The van der Waals surface area contributed by atoms with Gasteiger partial charge in [-0.15, -0.1) is 0 Å². The van der Waals surface area contributed by atoms with Crippen LogP contribution in [-0.2, 0) is 16.5 Å². The number of rotatable bonds is 7. The summed E-state index contributed by atoms with van der Waals surface area (Å²) >= 11 is 0. The first kappa shape index (κ1) is 26.6. The molecule has 0 aromatic heterocycles. The normalized spacial score (nSPS) is 20.9. The molecule has 1 saturated carbocycles. The molecule has 12 heteroatoms. The molecular formula is C23H23F6NO5. The third-order valence-corrected chi connectivity index (χ3v) is 6.55. The fourth-order valence-corrected chi connectivity index (χ4v) is 4.41. The molecule has 1 N–H and O–H groups in total. The Balaban J connectivity index is 1.96. The maximum atomic E-state index is 14.0. The molecule has 2 aromatic carbocycles. The van der Waals surface area contributed by atoms with Crippen molar-refractivity contribution >= 4 is 16.7 Å². The van der Waals surface area contributed by atoms with Crippen molar-refractivity contribution in [1.82, 2.24) is 0 Å². The van der Waals surface area contributed by atoms with Crippen molar-refractivity contribution in [2.75, 3.05) is 0 Å². The first-order chi connectivity index (χ1) is 16.1. The van der Waals surface area contributed by atoms with Gasteiger partial charge in [0.15, 0.2) is 0 Å². The number of fused-ring (bicyclic) bond motifs is 1. The van der Waals surface area contributed by atoms with Crippen molar-refractivity contribution in [2.45, 2.75) is 69.4 Å². The molecule has 0 spiro atoms. The maximum absolute atomic E-state index is 14.0. The summed E-state index contributed by atoms with van der Waals surface area (Å²) in [6.45, 7) is 1.20. The molecule has 0 amide bonds. The highest BCUT2D eigenvalue weighted by atomic mass is 19.4. The molecule has 1 atom stereocenters. The van der Waals surface area contributed by atoms with E-state index in [1.165, 1.54) is 19.1 Å². The largest absolute Gasteiger partial charge is 0.490 e. The zero-order chi connectivity index (χ0) is 26.2. The first-order valence-electron chi connectivity index (χ1n) is 10.9. The lowest BCUT2D eigenvalue weighted by Crippen LogP contribution is -2.32. The molecule has 1 aliphatic rings. The Labute approximate surface area is 196 Å². The fraction of sp³-hybridized carbons (Fsp3) is 0.522. The van der Waals surface area contributed by atoms with Gasteiger partial charge in [-0.2, -0.15) is 26.3 Å². The van der Waals surface area contributed by atoms with Crippen LogP contribution < -0.4 is 4.74 Å². The number of nitrogens with zero attached hydrogens (tertiary/aromatic N) is 1. The Bertz CT molecular complexity index is 1110. The summed E-state index contributed by atoms with van der Waals surface area (Å²) in [5.41, 5.74) is -2.91. The minimum atomic E-state index is -4.87. The number of nitro groups is 1. The van der Waals surface area contributed by atoms with Crippen LogP contribution in [0.15, 0.2) is 30.3 Å². The molecule has 0 saturated heterocycles. The predicted molar refractivity (Wildman–Crippen MR) is 113 cm³/mol. The molecule has 1 aliphatic carbocycles. The van der Waals surface area contributed by atoms with E-state index in [9.17, 15) is 41.3 Å². The van der Waals surface area contributed by atoms with Crippen LogP contribution in [-0.4, -0.2) is 28.3 Å². The molecule has 0 aliphatic heterocycles. The minimum absolute atomic E-state index is 0.0337. The summed E-state index contributed by atoms with van der Waals surface area (Å²) in [5.74, 6) is -3.27. The van der Waals surface area contributed by atoms with Crippen LogP contribution in [0.25, 0.3) is 10.8 Å². The second-order valence-corrected chi connectivity index (χ2v) is 8.93. The number of hydrogen-bond acceptors (Lipinski definition) is 4. The Morgan fingerprint density at radius 1 is 1.09 bits per heavy atom. The number of benzene rings is 2. The lowest BCUT2D eigenvalue weighted by atomic mass is 9.86. The van der Waals surface area contributed by atoms with Gasteiger partial charge in [0.1, 0.15) is 11.3 Å². The van der Waals surface area contributed by atoms with Crippen LogP contribution in [0.1, 0.15) is 56.6 Å². The summed E-state index contributed by atoms with van der Waals surface area (Å²) in [6, 6.07) is 5.80. The standard InChI is InChI=1S/C23H23F6NO5/c1-21(30(33)34,11-10-19(31)32)15-5-8-17-13(12-15)2-9-18(20(17)23(27,28)29)35-16-6-3-14(4-7-16)22(24,25)26/h2,5,8-9,12,14,16H,3-4,6-7,10-11H2,1H3,(H,31,32)/t14-,16-,21?. The molecular weight excluding hydrogens is 484 g/mol. The summed E-state index contributed by atoms with van der Waals surface area (Å²) in [5, 5.41) is 20.4. The molecule has 1 fully saturated rings. The van der Waals surface area contributed by atoms with E-state index in [0.717, 1.165) is 18.2 Å². The Morgan fingerprint density at radius 3 is 2.23 bits per heavy atom. The van der Waals surface area contributed by atoms with E-state index in [1.54, 1.807) is 0 Å². The van der Waals surface area contributed by atoms with E-state index in [1.807, 2.05) is 0 Å². The zero-order valence-electron chi connectivity index (χ0n) is 18.6. The van der Waals surface area contributed by atoms with Crippen molar-refractivity contribution in [3.8, 4) is 5.75 Å². The number of hydrogen-bond donors (Lipinski definition) is 1. The summed E-state index contributed by atoms with van der Waals surface area (Å²) in [6.07, 6.45) is -11.4. The second-order valence-electron chi connectivity index (χ2n) is 8.93. The van der Waals surface area contributed by atoms with Crippen LogP contribution >= 0.6 is 0 Å². The van der Waals surface area contributed by atoms with Crippen LogP contribution in [0, 0.1) is 16.0 Å². The average Bonchev–Trinajstić information content (AvgIpc) is 2.75. The second kappa shape index (κ2) is 9.54. The lowest BCUT2D eigenvalue weighted by Gasteiger charge is -2.31. The van der Waals surface area contributed by atoms with Gasteiger partial charge in [0.2, 0.25) is 5.54 Å². The molecule has 0 heterocycles. The van der Waals surface area contributed by atoms with Gasteiger partial charge in [-0.05, 0) is 48.6 Å². The lowest BCUT2D eigenvalue weighted by molar-refractivity contribution is -0.575. The SMILES string of the molecule is CC(CCC(=O)O)(c1ccc2c(C(F)(F)F)c(O[C@H]3CC[C@H](C(F)(F)F)CC3)ccc2c1)[N+](=O)[O-]. The molecule has 1 unspecified atom stereocenters. The number of halogens is 6. The van der Waals surface area contributed by atoms with Crippen molar-refractivity contribution in [3.63, 3.8) is 0 Å². The highest BCUT2D eigenvalue weighted by molar-refractivity contribution is 5.89. The van der Waals surface area contributed by atoms with E-state index in [0.29, 0.717) is 0 Å². The Hall–Kier alpha value is -3.05.